The van der Waals surface area contributed by atoms with Gasteiger partial charge in [0.05, 0.1) is 0 Å². The molecule has 0 radical (unpaired) electrons. The van der Waals surface area contributed by atoms with E-state index in [9.17, 15) is 9.59 Å². The van der Waals surface area contributed by atoms with Gasteiger partial charge in [0, 0.05) is 39.1 Å². The highest BCUT2D eigenvalue weighted by atomic mass is 35.5. The molecule has 28 heavy (non-hydrogen) atoms. The van der Waals surface area contributed by atoms with E-state index in [0.717, 1.165) is 58.4 Å². The van der Waals surface area contributed by atoms with E-state index in [0.29, 0.717) is 12.3 Å². The van der Waals surface area contributed by atoms with Gasteiger partial charge in [-0.2, -0.15) is 0 Å². The van der Waals surface area contributed by atoms with Crippen LogP contribution < -0.4 is 5.32 Å². The van der Waals surface area contributed by atoms with Crippen molar-refractivity contribution < 1.29 is 9.59 Å². The Balaban J connectivity index is 0.00000225. The van der Waals surface area contributed by atoms with Crippen molar-refractivity contribution in [1.29, 1.82) is 0 Å². The summed E-state index contributed by atoms with van der Waals surface area (Å²) in [6, 6.07) is 8.30. The van der Waals surface area contributed by atoms with Crippen LogP contribution in [-0.2, 0) is 22.6 Å². The highest BCUT2D eigenvalue weighted by Crippen LogP contribution is 2.24. The summed E-state index contributed by atoms with van der Waals surface area (Å²) in [6.07, 6.45) is 8.54. The zero-order valence-corrected chi connectivity index (χ0v) is 17.1. The smallest absolute Gasteiger partial charge is 0.243 e. The van der Waals surface area contributed by atoms with Gasteiger partial charge >= 0.3 is 0 Å². The highest BCUT2D eigenvalue weighted by molar-refractivity contribution is 5.85. The number of likely N-dealkylation sites (tertiary alicyclic amines) is 1. The first kappa shape index (κ1) is 20.9. The third kappa shape index (κ3) is 4.76. The van der Waals surface area contributed by atoms with Gasteiger partial charge in [0.15, 0.2) is 0 Å². The van der Waals surface area contributed by atoms with Gasteiger partial charge in [-0.3, -0.25) is 14.9 Å². The predicted molar refractivity (Wildman–Crippen MR) is 112 cm³/mol. The maximum absolute atomic E-state index is 12.6. The molecule has 3 heterocycles. The Bertz CT molecular complexity index is 728. The molecular formula is C22H30ClN3O2. The van der Waals surface area contributed by atoms with Crippen LogP contribution in [0.5, 0.6) is 0 Å². The number of piperidine rings is 1. The second-order valence-electron chi connectivity index (χ2n) is 7.96. The number of hydrogen-bond acceptors (Lipinski definition) is 3. The molecule has 1 aromatic rings. The molecule has 1 aromatic carbocycles. The van der Waals surface area contributed by atoms with Crippen LogP contribution in [0, 0.1) is 5.92 Å². The number of carbonyl (C=O) groups is 2. The molecule has 3 aliphatic rings. The largest absolute Gasteiger partial charge is 0.341 e. The van der Waals surface area contributed by atoms with Crippen LogP contribution in [-0.4, -0.2) is 53.8 Å². The maximum Gasteiger partial charge on any atom is 0.243 e. The summed E-state index contributed by atoms with van der Waals surface area (Å²) in [7, 11) is 0. The number of carbonyl (C=O) groups excluding carboxylic acids is 2. The van der Waals surface area contributed by atoms with Gasteiger partial charge in [-0.25, -0.2) is 0 Å². The molecule has 1 atom stereocenters. The third-order valence-corrected chi connectivity index (χ3v) is 6.23. The summed E-state index contributed by atoms with van der Waals surface area (Å²) in [5, 5.41) is 3.20. The Kier molecular flexibility index (Phi) is 7.13. The molecule has 2 amide bonds. The maximum atomic E-state index is 12.6. The van der Waals surface area contributed by atoms with E-state index in [1.54, 1.807) is 0 Å². The second kappa shape index (κ2) is 9.57. The minimum absolute atomic E-state index is 0. The monoisotopic (exact) mass is 403 g/mol. The number of halogens is 1. The number of fused-ring (bicyclic) bond motifs is 1. The second-order valence-corrected chi connectivity index (χ2v) is 7.96. The number of hydrogen-bond donors (Lipinski definition) is 1. The van der Waals surface area contributed by atoms with E-state index < -0.39 is 0 Å². The van der Waals surface area contributed by atoms with E-state index in [1.165, 1.54) is 11.1 Å². The van der Waals surface area contributed by atoms with Crippen molar-refractivity contribution in [3.05, 3.63) is 47.5 Å². The zero-order chi connectivity index (χ0) is 18.6. The van der Waals surface area contributed by atoms with Crippen LogP contribution in [0.3, 0.4) is 0 Å². The molecule has 0 bridgehead atoms. The normalized spacial score (nSPS) is 21.9. The van der Waals surface area contributed by atoms with Crippen molar-refractivity contribution in [1.82, 2.24) is 15.1 Å². The van der Waals surface area contributed by atoms with Crippen LogP contribution >= 0.6 is 12.4 Å². The van der Waals surface area contributed by atoms with Crippen molar-refractivity contribution in [2.24, 2.45) is 5.92 Å². The summed E-state index contributed by atoms with van der Waals surface area (Å²) in [5.74, 6) is 1.04. The lowest BCUT2D eigenvalue weighted by molar-refractivity contribution is -0.135. The standard InChI is InChI=1S/C22H29N3O2.ClH/c26-21(25-15-11-18-4-1-2-5-19(18)16-25)8-7-17-9-13-24(14-10-17)22(27)20-6-3-12-23-20;/h1-6,17,20,23H,7-16H2;1H. The zero-order valence-electron chi connectivity index (χ0n) is 16.3. The lowest BCUT2D eigenvalue weighted by atomic mass is 9.91. The summed E-state index contributed by atoms with van der Waals surface area (Å²) in [6.45, 7) is 4.02. The van der Waals surface area contributed by atoms with E-state index in [4.69, 9.17) is 0 Å². The molecule has 0 aliphatic carbocycles. The molecule has 6 heteroatoms. The van der Waals surface area contributed by atoms with Crippen molar-refractivity contribution in [2.75, 3.05) is 26.2 Å². The van der Waals surface area contributed by atoms with Gasteiger partial charge in [-0.05, 0) is 42.7 Å². The first-order chi connectivity index (χ1) is 13.2. The van der Waals surface area contributed by atoms with Gasteiger partial charge < -0.3 is 9.80 Å². The molecule has 4 rings (SSSR count). The average molecular weight is 404 g/mol. The fraction of sp³-hybridized carbons (Fsp3) is 0.545. The molecule has 1 fully saturated rings. The summed E-state index contributed by atoms with van der Waals surface area (Å²) >= 11 is 0. The molecule has 0 saturated carbocycles. The SMILES string of the molecule is Cl.O=C(CCC1CCN(C(=O)C2C=CCN2)CC1)N1CCc2ccccc2C1. The average Bonchev–Trinajstić information content (AvgIpc) is 3.26. The van der Waals surface area contributed by atoms with Gasteiger partial charge in [0.1, 0.15) is 6.04 Å². The Hall–Kier alpha value is -1.85. The fourth-order valence-electron chi connectivity index (χ4n) is 4.47. The number of amides is 2. The van der Waals surface area contributed by atoms with E-state index in [2.05, 4.69) is 29.6 Å². The Morgan fingerprint density at radius 1 is 1.04 bits per heavy atom. The molecule has 0 spiro atoms. The van der Waals surface area contributed by atoms with Crippen molar-refractivity contribution in [3.63, 3.8) is 0 Å². The van der Waals surface area contributed by atoms with Crippen LogP contribution in [0.2, 0.25) is 0 Å². The van der Waals surface area contributed by atoms with Gasteiger partial charge in [-0.15, -0.1) is 12.4 Å². The molecule has 3 aliphatic heterocycles. The first-order valence-electron chi connectivity index (χ1n) is 10.2. The van der Waals surface area contributed by atoms with Crippen molar-refractivity contribution in [3.8, 4) is 0 Å². The van der Waals surface area contributed by atoms with Gasteiger partial charge in [0.2, 0.25) is 11.8 Å². The Labute approximate surface area is 173 Å². The van der Waals surface area contributed by atoms with E-state index in [1.807, 2.05) is 22.0 Å². The summed E-state index contributed by atoms with van der Waals surface area (Å²) in [4.78, 5) is 29.1. The molecule has 1 N–H and O–H groups in total. The third-order valence-electron chi connectivity index (χ3n) is 6.23. The van der Waals surface area contributed by atoms with Crippen molar-refractivity contribution >= 4 is 24.2 Å². The number of benzene rings is 1. The Morgan fingerprint density at radius 2 is 1.79 bits per heavy atom. The van der Waals surface area contributed by atoms with Crippen LogP contribution in [0.1, 0.15) is 36.8 Å². The number of nitrogens with zero attached hydrogens (tertiary/aromatic N) is 2. The molecule has 1 unspecified atom stereocenters. The molecule has 5 nitrogen and oxygen atoms in total. The van der Waals surface area contributed by atoms with Gasteiger partial charge in [-0.1, -0.05) is 36.4 Å². The molecular weight excluding hydrogens is 374 g/mol. The fourth-order valence-corrected chi connectivity index (χ4v) is 4.47. The Morgan fingerprint density at radius 3 is 2.50 bits per heavy atom. The quantitative estimate of drug-likeness (QED) is 0.786. The van der Waals surface area contributed by atoms with E-state index >= 15 is 0 Å². The molecule has 1 saturated heterocycles. The summed E-state index contributed by atoms with van der Waals surface area (Å²) in [5.41, 5.74) is 2.67. The number of nitrogens with one attached hydrogen (secondary N) is 1. The summed E-state index contributed by atoms with van der Waals surface area (Å²) < 4.78 is 0. The van der Waals surface area contributed by atoms with Crippen LogP contribution in [0.25, 0.3) is 0 Å². The molecule has 152 valence electrons. The van der Waals surface area contributed by atoms with Gasteiger partial charge in [0.25, 0.3) is 0 Å². The van der Waals surface area contributed by atoms with Crippen LogP contribution in [0.4, 0.5) is 0 Å². The van der Waals surface area contributed by atoms with Crippen LogP contribution in [0.15, 0.2) is 36.4 Å². The topological polar surface area (TPSA) is 52.7 Å². The van der Waals surface area contributed by atoms with Crippen molar-refractivity contribution in [2.45, 2.75) is 44.7 Å². The predicted octanol–water partition coefficient (Wildman–Crippen LogP) is 2.54. The minimum atomic E-state index is -0.134. The minimum Gasteiger partial charge on any atom is -0.341 e. The molecule has 0 aromatic heterocycles. The highest BCUT2D eigenvalue weighted by Gasteiger charge is 2.28. The number of rotatable bonds is 4. The first-order valence-corrected chi connectivity index (χ1v) is 10.2. The van der Waals surface area contributed by atoms with E-state index in [-0.39, 0.29) is 30.3 Å². The lowest BCUT2D eigenvalue weighted by Crippen LogP contribution is -2.47. The lowest BCUT2D eigenvalue weighted by Gasteiger charge is -2.34.